The van der Waals surface area contributed by atoms with E-state index in [0.717, 1.165) is 31.6 Å². The first-order valence-corrected chi connectivity index (χ1v) is 8.20. The third kappa shape index (κ3) is 5.41. The fraction of sp³-hybridized carbons (Fsp3) is 0.611. The van der Waals surface area contributed by atoms with Crippen LogP contribution >= 0.6 is 0 Å². The summed E-state index contributed by atoms with van der Waals surface area (Å²) in [5.41, 5.74) is 2.95. The zero-order valence-corrected chi connectivity index (χ0v) is 13.0. The molecule has 0 radical (unpaired) electrons. The number of carbonyl (C=O) groups is 1. The Morgan fingerprint density at radius 1 is 1.10 bits per heavy atom. The lowest BCUT2D eigenvalue weighted by Crippen LogP contribution is -2.05. The normalized spacial score (nSPS) is 13.6. The van der Waals surface area contributed by atoms with Gasteiger partial charge in [-0.3, -0.25) is 4.79 Å². The Bertz CT molecular complexity index is 454. The molecule has 1 aliphatic carbocycles. The molecule has 0 aliphatic heterocycles. The van der Waals surface area contributed by atoms with Crippen molar-refractivity contribution in [1.29, 1.82) is 0 Å². The second-order valence-electron chi connectivity index (χ2n) is 5.60. The lowest BCUT2D eigenvalue weighted by Gasteiger charge is -2.16. The molecule has 1 aliphatic rings. The molecule has 0 N–H and O–H groups in total. The molecule has 0 heterocycles. The summed E-state index contributed by atoms with van der Waals surface area (Å²) in [7, 11) is 0. The minimum absolute atomic E-state index is 0.0897. The summed E-state index contributed by atoms with van der Waals surface area (Å²) < 4.78 is 10.7. The SMILES string of the molecule is CCOC(=O)CCCCCOc1ccc2c(c1)CCCC2. The number of esters is 1. The molecule has 1 aromatic carbocycles. The van der Waals surface area contributed by atoms with E-state index in [0.29, 0.717) is 13.0 Å². The van der Waals surface area contributed by atoms with Crippen LogP contribution in [0.25, 0.3) is 0 Å². The third-order valence-electron chi connectivity index (χ3n) is 3.92. The lowest BCUT2D eigenvalue weighted by molar-refractivity contribution is -0.143. The molecule has 0 fully saturated rings. The first-order chi connectivity index (χ1) is 10.3. The number of fused-ring (bicyclic) bond motifs is 1. The van der Waals surface area contributed by atoms with Gasteiger partial charge in [0.1, 0.15) is 5.75 Å². The van der Waals surface area contributed by atoms with Gasteiger partial charge in [0.2, 0.25) is 0 Å². The molecular formula is C18H26O3. The second-order valence-corrected chi connectivity index (χ2v) is 5.60. The van der Waals surface area contributed by atoms with Gasteiger partial charge in [0.25, 0.3) is 0 Å². The van der Waals surface area contributed by atoms with Crippen LogP contribution in [0.1, 0.15) is 56.6 Å². The van der Waals surface area contributed by atoms with E-state index in [1.54, 1.807) is 0 Å². The maximum absolute atomic E-state index is 11.2. The average molecular weight is 290 g/mol. The molecule has 3 heteroatoms. The molecule has 0 saturated heterocycles. The second kappa shape index (κ2) is 8.71. The van der Waals surface area contributed by atoms with E-state index in [1.807, 2.05) is 6.92 Å². The van der Waals surface area contributed by atoms with Gasteiger partial charge in [0.05, 0.1) is 13.2 Å². The summed E-state index contributed by atoms with van der Waals surface area (Å²) in [4.78, 5) is 11.2. The van der Waals surface area contributed by atoms with Crippen molar-refractivity contribution < 1.29 is 14.3 Å². The molecule has 21 heavy (non-hydrogen) atoms. The van der Waals surface area contributed by atoms with E-state index < -0.39 is 0 Å². The average Bonchev–Trinajstić information content (AvgIpc) is 2.51. The highest BCUT2D eigenvalue weighted by Crippen LogP contribution is 2.25. The largest absolute Gasteiger partial charge is 0.494 e. The molecule has 0 saturated carbocycles. The highest BCUT2D eigenvalue weighted by molar-refractivity contribution is 5.69. The number of benzene rings is 1. The Labute approximate surface area is 127 Å². The minimum atomic E-state index is -0.0897. The molecule has 0 amide bonds. The first kappa shape index (κ1) is 15.9. The van der Waals surface area contributed by atoms with Gasteiger partial charge in [-0.2, -0.15) is 0 Å². The van der Waals surface area contributed by atoms with Crippen LogP contribution in [0.4, 0.5) is 0 Å². The maximum Gasteiger partial charge on any atom is 0.305 e. The van der Waals surface area contributed by atoms with Crippen LogP contribution in [0.2, 0.25) is 0 Å². The highest BCUT2D eigenvalue weighted by Gasteiger charge is 2.09. The number of rotatable bonds is 8. The molecular weight excluding hydrogens is 264 g/mol. The van der Waals surface area contributed by atoms with Crippen molar-refractivity contribution in [2.75, 3.05) is 13.2 Å². The molecule has 0 aromatic heterocycles. The van der Waals surface area contributed by atoms with Crippen LogP contribution in [0, 0.1) is 0 Å². The van der Waals surface area contributed by atoms with E-state index in [1.165, 1.54) is 36.8 Å². The van der Waals surface area contributed by atoms with Crippen LogP contribution in [-0.4, -0.2) is 19.2 Å². The van der Waals surface area contributed by atoms with Crippen molar-refractivity contribution in [3.8, 4) is 5.75 Å². The molecule has 0 unspecified atom stereocenters. The van der Waals surface area contributed by atoms with Crippen molar-refractivity contribution in [2.45, 2.75) is 58.3 Å². The van der Waals surface area contributed by atoms with Crippen LogP contribution in [0.3, 0.4) is 0 Å². The molecule has 3 nitrogen and oxygen atoms in total. The van der Waals surface area contributed by atoms with E-state index in [-0.39, 0.29) is 5.97 Å². The predicted molar refractivity (Wildman–Crippen MR) is 83.7 cm³/mol. The monoisotopic (exact) mass is 290 g/mol. The number of hydrogen-bond donors (Lipinski definition) is 0. The van der Waals surface area contributed by atoms with Crippen molar-refractivity contribution in [3.05, 3.63) is 29.3 Å². The van der Waals surface area contributed by atoms with Gasteiger partial charge >= 0.3 is 5.97 Å². The van der Waals surface area contributed by atoms with Gasteiger partial charge in [-0.15, -0.1) is 0 Å². The van der Waals surface area contributed by atoms with Gasteiger partial charge in [-0.1, -0.05) is 6.07 Å². The Morgan fingerprint density at radius 2 is 1.90 bits per heavy atom. The zero-order chi connectivity index (χ0) is 14.9. The zero-order valence-electron chi connectivity index (χ0n) is 13.0. The van der Waals surface area contributed by atoms with Gasteiger partial charge in [0, 0.05) is 6.42 Å². The summed E-state index contributed by atoms with van der Waals surface area (Å²) >= 11 is 0. The van der Waals surface area contributed by atoms with Crippen molar-refractivity contribution >= 4 is 5.97 Å². The summed E-state index contributed by atoms with van der Waals surface area (Å²) in [6, 6.07) is 6.50. The van der Waals surface area contributed by atoms with Crippen LogP contribution in [0.5, 0.6) is 5.75 Å². The maximum atomic E-state index is 11.2. The van der Waals surface area contributed by atoms with Gasteiger partial charge in [-0.05, 0) is 75.1 Å². The number of hydrogen-bond acceptors (Lipinski definition) is 3. The molecule has 0 bridgehead atoms. The third-order valence-corrected chi connectivity index (χ3v) is 3.92. The summed E-state index contributed by atoms with van der Waals surface area (Å²) in [5.74, 6) is 0.897. The van der Waals surface area contributed by atoms with E-state index >= 15 is 0 Å². The standard InChI is InChI=1S/C18H26O3/c1-2-20-18(19)10-4-3-7-13-21-17-12-11-15-8-5-6-9-16(15)14-17/h11-12,14H,2-10,13H2,1H3. The van der Waals surface area contributed by atoms with Crippen LogP contribution in [-0.2, 0) is 22.4 Å². The van der Waals surface area contributed by atoms with E-state index in [2.05, 4.69) is 18.2 Å². The van der Waals surface area contributed by atoms with Crippen LogP contribution < -0.4 is 4.74 Å². The minimum Gasteiger partial charge on any atom is -0.494 e. The van der Waals surface area contributed by atoms with Gasteiger partial charge in [0.15, 0.2) is 0 Å². The predicted octanol–water partition coefficient (Wildman–Crippen LogP) is 4.07. The lowest BCUT2D eigenvalue weighted by atomic mass is 9.92. The van der Waals surface area contributed by atoms with Gasteiger partial charge in [-0.25, -0.2) is 0 Å². The first-order valence-electron chi connectivity index (χ1n) is 8.20. The molecule has 2 rings (SSSR count). The Hall–Kier alpha value is -1.51. The van der Waals surface area contributed by atoms with Crippen molar-refractivity contribution in [2.24, 2.45) is 0 Å². The molecule has 1 aromatic rings. The summed E-state index contributed by atoms with van der Waals surface area (Å²) in [6.45, 7) is 3.03. The fourth-order valence-corrected chi connectivity index (χ4v) is 2.77. The Morgan fingerprint density at radius 3 is 2.71 bits per heavy atom. The highest BCUT2D eigenvalue weighted by atomic mass is 16.5. The number of unbranched alkanes of at least 4 members (excludes halogenated alkanes) is 2. The van der Waals surface area contributed by atoms with E-state index in [9.17, 15) is 4.79 Å². The molecule has 0 atom stereocenters. The van der Waals surface area contributed by atoms with Crippen molar-refractivity contribution in [3.63, 3.8) is 0 Å². The number of aryl methyl sites for hydroxylation is 2. The Kier molecular flexibility index (Phi) is 6.58. The smallest absolute Gasteiger partial charge is 0.305 e. The van der Waals surface area contributed by atoms with Gasteiger partial charge < -0.3 is 9.47 Å². The summed E-state index contributed by atoms with van der Waals surface area (Å²) in [6.07, 6.45) is 8.40. The molecule has 116 valence electrons. The Balaban J connectivity index is 1.62. The number of ether oxygens (including phenoxy) is 2. The van der Waals surface area contributed by atoms with Crippen LogP contribution in [0.15, 0.2) is 18.2 Å². The number of carbonyl (C=O) groups excluding carboxylic acids is 1. The molecule has 0 spiro atoms. The quantitative estimate of drug-likeness (QED) is 0.535. The van der Waals surface area contributed by atoms with Crippen molar-refractivity contribution in [1.82, 2.24) is 0 Å². The summed E-state index contributed by atoms with van der Waals surface area (Å²) in [5, 5.41) is 0. The topological polar surface area (TPSA) is 35.5 Å². The fourth-order valence-electron chi connectivity index (χ4n) is 2.77. The van der Waals surface area contributed by atoms with E-state index in [4.69, 9.17) is 9.47 Å².